The molecule has 0 saturated carbocycles. The van der Waals surface area contributed by atoms with Gasteiger partial charge in [-0.15, -0.1) is 11.3 Å². The van der Waals surface area contributed by atoms with Crippen LogP contribution >= 0.6 is 11.3 Å². The molecule has 6 nitrogen and oxygen atoms in total. The molecule has 1 aromatic carbocycles. The molecule has 134 valence electrons. The van der Waals surface area contributed by atoms with Crippen LogP contribution in [0.3, 0.4) is 0 Å². The van der Waals surface area contributed by atoms with Crippen LogP contribution in [-0.4, -0.2) is 40.5 Å². The number of rotatable bonds is 7. The van der Waals surface area contributed by atoms with E-state index in [9.17, 15) is 14.0 Å². The molecule has 1 atom stereocenters. The normalized spacial score (nSPS) is 11.8. The molecule has 1 heterocycles. The Kier molecular flexibility index (Phi) is 6.08. The van der Waals surface area contributed by atoms with Crippen molar-refractivity contribution in [2.75, 3.05) is 13.6 Å². The Morgan fingerprint density at radius 2 is 2.00 bits per heavy atom. The van der Waals surface area contributed by atoms with Crippen LogP contribution in [0.5, 0.6) is 5.75 Å². The zero-order chi connectivity index (χ0) is 18.6. The minimum atomic E-state index is -0.950. The van der Waals surface area contributed by atoms with Gasteiger partial charge in [0.2, 0.25) is 0 Å². The van der Waals surface area contributed by atoms with Gasteiger partial charge in [-0.3, -0.25) is 9.59 Å². The summed E-state index contributed by atoms with van der Waals surface area (Å²) in [5.74, 6) is -1.70. The second-order valence-corrected chi connectivity index (χ2v) is 6.77. The number of benzene rings is 1. The molecule has 2 rings (SSSR count). The molecule has 1 N–H and O–H groups in total. The molecule has 1 amide bonds. The summed E-state index contributed by atoms with van der Waals surface area (Å²) in [7, 11) is 1.57. The summed E-state index contributed by atoms with van der Waals surface area (Å²) >= 11 is 1.20. The van der Waals surface area contributed by atoms with Crippen molar-refractivity contribution in [1.29, 1.82) is 0 Å². The average Bonchev–Trinajstić information content (AvgIpc) is 2.94. The Morgan fingerprint density at radius 3 is 2.60 bits per heavy atom. The smallest absolute Gasteiger partial charge is 0.308 e. The SMILES string of the molecule is Cc1nc(COc2ccc(F)cc2)sc1C(=O)N(C)CC(C)C(=O)O. The first-order valence-electron chi connectivity index (χ1n) is 7.61. The maximum Gasteiger partial charge on any atom is 0.308 e. The van der Waals surface area contributed by atoms with E-state index in [0.717, 1.165) is 0 Å². The Balaban J connectivity index is 2.02. The minimum absolute atomic E-state index is 0.118. The Labute approximate surface area is 148 Å². The van der Waals surface area contributed by atoms with Gasteiger partial charge in [0, 0.05) is 13.6 Å². The summed E-state index contributed by atoms with van der Waals surface area (Å²) in [6, 6.07) is 5.64. The van der Waals surface area contributed by atoms with Crippen LogP contribution in [0, 0.1) is 18.7 Å². The van der Waals surface area contributed by atoms with Crippen LogP contribution in [0.4, 0.5) is 4.39 Å². The Bertz CT molecular complexity index is 761. The van der Waals surface area contributed by atoms with Crippen LogP contribution in [0.25, 0.3) is 0 Å². The predicted octanol–water partition coefficient (Wildman–Crippen LogP) is 2.96. The van der Waals surface area contributed by atoms with Gasteiger partial charge >= 0.3 is 5.97 Å². The van der Waals surface area contributed by atoms with Gasteiger partial charge in [-0.25, -0.2) is 9.37 Å². The van der Waals surface area contributed by atoms with E-state index < -0.39 is 11.9 Å². The van der Waals surface area contributed by atoms with Crippen molar-refractivity contribution in [1.82, 2.24) is 9.88 Å². The summed E-state index contributed by atoms with van der Waals surface area (Å²) in [5.41, 5.74) is 0.572. The van der Waals surface area contributed by atoms with Gasteiger partial charge in [-0.05, 0) is 31.2 Å². The molecule has 0 aliphatic carbocycles. The van der Waals surface area contributed by atoms with Crippen molar-refractivity contribution < 1.29 is 23.8 Å². The number of hydrogen-bond acceptors (Lipinski definition) is 5. The van der Waals surface area contributed by atoms with Crippen molar-refractivity contribution in [3.8, 4) is 5.75 Å². The number of carbonyl (C=O) groups is 2. The average molecular weight is 366 g/mol. The van der Waals surface area contributed by atoms with Crippen LogP contribution in [-0.2, 0) is 11.4 Å². The monoisotopic (exact) mass is 366 g/mol. The molecule has 0 saturated heterocycles. The largest absolute Gasteiger partial charge is 0.486 e. The van der Waals surface area contributed by atoms with Gasteiger partial charge in [-0.1, -0.05) is 6.92 Å². The summed E-state index contributed by atoms with van der Waals surface area (Å²) in [4.78, 5) is 29.5. The number of carboxylic acids is 1. The molecule has 0 bridgehead atoms. The van der Waals surface area contributed by atoms with Crippen LogP contribution in [0.2, 0.25) is 0 Å². The van der Waals surface area contributed by atoms with Crippen molar-refractivity contribution in [3.05, 3.63) is 45.7 Å². The highest BCUT2D eigenvalue weighted by atomic mass is 32.1. The number of aromatic nitrogens is 1. The first kappa shape index (κ1) is 18.9. The van der Waals surface area contributed by atoms with Crippen molar-refractivity contribution in [2.24, 2.45) is 5.92 Å². The molecule has 0 aliphatic rings. The fraction of sp³-hybridized carbons (Fsp3) is 0.353. The molecule has 25 heavy (non-hydrogen) atoms. The van der Waals surface area contributed by atoms with E-state index in [-0.39, 0.29) is 24.9 Å². The third-order valence-corrected chi connectivity index (χ3v) is 4.65. The van der Waals surface area contributed by atoms with E-state index in [1.54, 1.807) is 20.9 Å². The lowest BCUT2D eigenvalue weighted by Gasteiger charge is -2.18. The molecule has 2 aromatic rings. The van der Waals surface area contributed by atoms with Gasteiger partial charge < -0.3 is 14.7 Å². The third-order valence-electron chi connectivity index (χ3n) is 3.53. The lowest BCUT2D eigenvalue weighted by Crippen LogP contribution is -2.33. The number of ether oxygens (including phenoxy) is 1. The highest BCUT2D eigenvalue weighted by molar-refractivity contribution is 7.13. The number of aryl methyl sites for hydroxylation is 1. The molecule has 8 heteroatoms. The molecule has 0 radical (unpaired) electrons. The molecule has 0 aliphatic heterocycles. The standard InChI is InChI=1S/C17H19FN2O4S/c1-10(17(22)23)8-20(3)16(21)15-11(2)19-14(25-15)9-24-13-6-4-12(18)5-7-13/h4-7,10H,8-9H2,1-3H3,(H,22,23). The number of carbonyl (C=O) groups excluding carboxylic acids is 1. The van der Waals surface area contributed by atoms with Gasteiger partial charge in [0.15, 0.2) is 0 Å². The van der Waals surface area contributed by atoms with Crippen LogP contribution in [0.15, 0.2) is 24.3 Å². The van der Waals surface area contributed by atoms with E-state index in [0.29, 0.717) is 21.3 Å². The Hall–Kier alpha value is -2.48. The maximum absolute atomic E-state index is 12.9. The first-order valence-corrected chi connectivity index (χ1v) is 8.42. The number of carboxylic acid groups (broad SMARTS) is 1. The van der Waals surface area contributed by atoms with Gasteiger partial charge in [0.05, 0.1) is 11.6 Å². The van der Waals surface area contributed by atoms with Gasteiger partial charge in [0.1, 0.15) is 28.1 Å². The van der Waals surface area contributed by atoms with Crippen molar-refractivity contribution >= 4 is 23.2 Å². The third kappa shape index (κ3) is 4.99. The lowest BCUT2D eigenvalue weighted by molar-refractivity contribution is -0.141. The maximum atomic E-state index is 12.9. The second-order valence-electron chi connectivity index (χ2n) is 5.69. The van der Waals surface area contributed by atoms with E-state index in [2.05, 4.69) is 4.98 Å². The highest BCUT2D eigenvalue weighted by Crippen LogP contribution is 2.22. The second kappa shape index (κ2) is 8.06. The molecular formula is C17H19FN2O4S. The number of nitrogens with zero attached hydrogens (tertiary/aromatic N) is 2. The number of thiazole rings is 1. The minimum Gasteiger partial charge on any atom is -0.486 e. The quantitative estimate of drug-likeness (QED) is 0.815. The van der Waals surface area contributed by atoms with Crippen LogP contribution in [0.1, 0.15) is 27.3 Å². The lowest BCUT2D eigenvalue weighted by atomic mass is 10.2. The number of aliphatic carboxylic acids is 1. The van der Waals surface area contributed by atoms with E-state index in [1.165, 1.54) is 40.5 Å². The Morgan fingerprint density at radius 1 is 1.36 bits per heavy atom. The number of halogens is 1. The van der Waals surface area contributed by atoms with E-state index >= 15 is 0 Å². The fourth-order valence-corrected chi connectivity index (χ4v) is 3.11. The number of hydrogen-bond donors (Lipinski definition) is 1. The van der Waals surface area contributed by atoms with Crippen LogP contribution < -0.4 is 4.74 Å². The topological polar surface area (TPSA) is 79.7 Å². The molecule has 1 aromatic heterocycles. The summed E-state index contributed by atoms with van der Waals surface area (Å²) in [6.07, 6.45) is 0. The molecule has 0 spiro atoms. The summed E-state index contributed by atoms with van der Waals surface area (Å²) in [5, 5.41) is 9.57. The number of amides is 1. The molecule has 1 unspecified atom stereocenters. The first-order chi connectivity index (χ1) is 11.8. The zero-order valence-corrected chi connectivity index (χ0v) is 15.0. The predicted molar refractivity (Wildman–Crippen MR) is 91.3 cm³/mol. The zero-order valence-electron chi connectivity index (χ0n) is 14.2. The molecule has 0 fully saturated rings. The molecular weight excluding hydrogens is 347 g/mol. The fourth-order valence-electron chi connectivity index (χ4n) is 2.13. The van der Waals surface area contributed by atoms with Gasteiger partial charge in [0.25, 0.3) is 5.91 Å². The van der Waals surface area contributed by atoms with Crippen molar-refractivity contribution in [2.45, 2.75) is 20.5 Å². The summed E-state index contributed by atoms with van der Waals surface area (Å²) < 4.78 is 18.4. The summed E-state index contributed by atoms with van der Waals surface area (Å²) in [6.45, 7) is 3.56. The van der Waals surface area contributed by atoms with Gasteiger partial charge in [-0.2, -0.15) is 0 Å². The van der Waals surface area contributed by atoms with Crippen molar-refractivity contribution in [3.63, 3.8) is 0 Å². The van der Waals surface area contributed by atoms with E-state index in [1.807, 2.05) is 0 Å². The van der Waals surface area contributed by atoms with E-state index in [4.69, 9.17) is 9.84 Å². The highest BCUT2D eigenvalue weighted by Gasteiger charge is 2.22.